The Labute approximate surface area is 71.3 Å². The lowest BCUT2D eigenvalue weighted by molar-refractivity contribution is 0.120. The van der Waals surface area contributed by atoms with Crippen LogP contribution in [0.2, 0.25) is 19.1 Å². The molecule has 0 amide bonds. The van der Waals surface area contributed by atoms with Gasteiger partial charge in [0, 0.05) is 5.60 Å². The molecule has 68 valence electrons. The van der Waals surface area contributed by atoms with Gasteiger partial charge in [0.1, 0.15) is 0 Å². The number of nitrogens with two attached hydrogens (primary N) is 1. The summed E-state index contributed by atoms with van der Waals surface area (Å²) in [6.07, 6.45) is 0. The molecule has 0 aromatic carbocycles. The van der Waals surface area contributed by atoms with Gasteiger partial charge in [-0.3, -0.25) is 0 Å². The van der Waals surface area contributed by atoms with Gasteiger partial charge in [-0.05, 0) is 46.5 Å². The van der Waals surface area contributed by atoms with Crippen LogP contribution in [0.1, 0.15) is 20.8 Å². The third-order valence-corrected chi connectivity index (χ3v) is 3.99. The van der Waals surface area contributed by atoms with Crippen molar-refractivity contribution in [2.24, 2.45) is 5.73 Å². The maximum Gasteiger partial charge on any atom is 0.188 e. The standard InChI is InChI=1S/C8H21NOSi/c1-8(2,3)10-11(4,5)7-6-9/h6-7,9H2,1-5H3. The van der Waals surface area contributed by atoms with Crippen molar-refractivity contribution in [1.82, 2.24) is 0 Å². The predicted molar refractivity (Wildman–Crippen MR) is 52.2 cm³/mol. The molecule has 11 heavy (non-hydrogen) atoms. The van der Waals surface area contributed by atoms with Crippen LogP contribution < -0.4 is 5.73 Å². The summed E-state index contributed by atoms with van der Waals surface area (Å²) >= 11 is 0. The fourth-order valence-electron chi connectivity index (χ4n) is 1.23. The molecular formula is C8H21NOSi. The van der Waals surface area contributed by atoms with Crippen molar-refractivity contribution in [3.63, 3.8) is 0 Å². The molecular weight excluding hydrogens is 154 g/mol. The molecule has 0 aliphatic rings. The van der Waals surface area contributed by atoms with Crippen LogP contribution in [0.3, 0.4) is 0 Å². The van der Waals surface area contributed by atoms with Gasteiger partial charge in [0.2, 0.25) is 0 Å². The van der Waals surface area contributed by atoms with Crippen LogP contribution in [0.4, 0.5) is 0 Å². The summed E-state index contributed by atoms with van der Waals surface area (Å²) in [5.41, 5.74) is 5.48. The van der Waals surface area contributed by atoms with E-state index in [0.29, 0.717) is 0 Å². The maximum absolute atomic E-state index is 5.92. The summed E-state index contributed by atoms with van der Waals surface area (Å²) in [5.74, 6) is 0. The van der Waals surface area contributed by atoms with E-state index < -0.39 is 8.32 Å². The van der Waals surface area contributed by atoms with E-state index in [1.165, 1.54) is 0 Å². The first-order valence-corrected chi connectivity index (χ1v) is 7.29. The monoisotopic (exact) mass is 175 g/mol. The second kappa shape index (κ2) is 3.69. The topological polar surface area (TPSA) is 35.2 Å². The minimum Gasteiger partial charge on any atom is -0.413 e. The molecule has 0 atom stereocenters. The lowest BCUT2D eigenvalue weighted by Gasteiger charge is -2.32. The van der Waals surface area contributed by atoms with E-state index in [0.717, 1.165) is 12.6 Å². The third kappa shape index (κ3) is 6.53. The Hall–Kier alpha value is 0.137. The van der Waals surface area contributed by atoms with Gasteiger partial charge in [-0.15, -0.1) is 0 Å². The van der Waals surface area contributed by atoms with Gasteiger partial charge in [-0.2, -0.15) is 0 Å². The zero-order valence-corrected chi connectivity index (χ0v) is 9.40. The Bertz CT molecular complexity index is 118. The fraction of sp³-hybridized carbons (Fsp3) is 1.00. The highest BCUT2D eigenvalue weighted by molar-refractivity contribution is 6.71. The van der Waals surface area contributed by atoms with E-state index in [2.05, 4.69) is 33.9 Å². The van der Waals surface area contributed by atoms with Crippen molar-refractivity contribution < 1.29 is 4.43 Å². The van der Waals surface area contributed by atoms with Crippen molar-refractivity contribution in [3.8, 4) is 0 Å². The van der Waals surface area contributed by atoms with E-state index in [9.17, 15) is 0 Å². The second-order valence-corrected chi connectivity index (χ2v) is 8.74. The van der Waals surface area contributed by atoms with Gasteiger partial charge in [-0.1, -0.05) is 0 Å². The first-order valence-electron chi connectivity index (χ1n) is 4.17. The van der Waals surface area contributed by atoms with Crippen LogP contribution in [0.15, 0.2) is 0 Å². The summed E-state index contributed by atoms with van der Waals surface area (Å²) in [6, 6.07) is 1.05. The molecule has 0 aliphatic carbocycles. The molecule has 0 unspecified atom stereocenters. The zero-order valence-electron chi connectivity index (χ0n) is 8.40. The van der Waals surface area contributed by atoms with Gasteiger partial charge in [0.15, 0.2) is 8.32 Å². The molecule has 0 rings (SSSR count). The molecule has 0 aromatic heterocycles. The Kier molecular flexibility index (Phi) is 3.74. The summed E-state index contributed by atoms with van der Waals surface area (Å²) in [4.78, 5) is 0. The average Bonchev–Trinajstić information content (AvgIpc) is 1.55. The molecule has 0 bridgehead atoms. The summed E-state index contributed by atoms with van der Waals surface area (Å²) in [5, 5.41) is 0. The number of hydrogen-bond acceptors (Lipinski definition) is 2. The molecule has 0 saturated heterocycles. The number of hydrogen-bond donors (Lipinski definition) is 1. The molecule has 0 fully saturated rings. The Morgan fingerprint density at radius 1 is 1.27 bits per heavy atom. The quantitative estimate of drug-likeness (QED) is 0.666. The smallest absolute Gasteiger partial charge is 0.188 e. The molecule has 0 saturated carbocycles. The van der Waals surface area contributed by atoms with Gasteiger partial charge in [0.05, 0.1) is 0 Å². The highest BCUT2D eigenvalue weighted by atomic mass is 28.4. The summed E-state index contributed by atoms with van der Waals surface area (Å²) in [7, 11) is -1.46. The van der Waals surface area contributed by atoms with Crippen LogP contribution in [-0.4, -0.2) is 20.5 Å². The van der Waals surface area contributed by atoms with Crippen LogP contribution in [0, 0.1) is 0 Å². The summed E-state index contributed by atoms with van der Waals surface area (Å²) < 4.78 is 5.92. The van der Waals surface area contributed by atoms with Crippen molar-refractivity contribution >= 4 is 8.32 Å². The Balaban J connectivity index is 3.91. The second-order valence-electron chi connectivity index (χ2n) is 4.51. The SMILES string of the molecule is CC(C)(C)O[Si](C)(C)CCN. The largest absolute Gasteiger partial charge is 0.413 e. The highest BCUT2D eigenvalue weighted by Crippen LogP contribution is 2.19. The Morgan fingerprint density at radius 3 is 2.00 bits per heavy atom. The van der Waals surface area contributed by atoms with Crippen molar-refractivity contribution in [3.05, 3.63) is 0 Å². The third-order valence-electron chi connectivity index (χ3n) is 1.33. The van der Waals surface area contributed by atoms with Crippen molar-refractivity contribution in [2.45, 2.75) is 45.5 Å². The van der Waals surface area contributed by atoms with Gasteiger partial charge < -0.3 is 10.2 Å². The first kappa shape index (κ1) is 11.1. The fourth-order valence-corrected chi connectivity index (χ4v) is 3.68. The molecule has 3 heteroatoms. The zero-order chi connectivity index (χ0) is 9.12. The molecule has 2 nitrogen and oxygen atoms in total. The van der Waals surface area contributed by atoms with Gasteiger partial charge in [-0.25, -0.2) is 0 Å². The summed E-state index contributed by atoms with van der Waals surface area (Å²) in [6.45, 7) is 11.5. The van der Waals surface area contributed by atoms with Crippen molar-refractivity contribution in [1.29, 1.82) is 0 Å². The van der Waals surface area contributed by atoms with Gasteiger partial charge in [0.25, 0.3) is 0 Å². The van der Waals surface area contributed by atoms with E-state index in [1.807, 2.05) is 0 Å². The van der Waals surface area contributed by atoms with E-state index >= 15 is 0 Å². The number of rotatable bonds is 3. The van der Waals surface area contributed by atoms with Crippen LogP contribution in [-0.2, 0) is 4.43 Å². The molecule has 0 aromatic rings. The van der Waals surface area contributed by atoms with E-state index in [4.69, 9.17) is 10.2 Å². The first-order chi connectivity index (χ1) is 4.77. The minimum atomic E-state index is -1.46. The molecule has 2 N–H and O–H groups in total. The van der Waals surface area contributed by atoms with Crippen LogP contribution in [0.25, 0.3) is 0 Å². The van der Waals surface area contributed by atoms with Crippen LogP contribution in [0.5, 0.6) is 0 Å². The van der Waals surface area contributed by atoms with Crippen molar-refractivity contribution in [2.75, 3.05) is 6.54 Å². The highest BCUT2D eigenvalue weighted by Gasteiger charge is 2.27. The van der Waals surface area contributed by atoms with E-state index in [1.54, 1.807) is 0 Å². The molecule has 0 aliphatic heterocycles. The minimum absolute atomic E-state index is 0.00904. The molecule has 0 spiro atoms. The lowest BCUT2D eigenvalue weighted by Crippen LogP contribution is -2.40. The average molecular weight is 175 g/mol. The van der Waals surface area contributed by atoms with Crippen LogP contribution >= 0.6 is 0 Å². The maximum atomic E-state index is 5.92. The Morgan fingerprint density at radius 2 is 1.73 bits per heavy atom. The molecule has 0 radical (unpaired) electrons. The predicted octanol–water partition coefficient (Wildman–Crippen LogP) is 1.97. The normalized spacial score (nSPS) is 13.6. The lowest BCUT2D eigenvalue weighted by atomic mass is 10.2. The van der Waals surface area contributed by atoms with Gasteiger partial charge >= 0.3 is 0 Å². The molecule has 0 heterocycles. The van der Waals surface area contributed by atoms with E-state index in [-0.39, 0.29) is 5.60 Å².